The second-order valence-corrected chi connectivity index (χ2v) is 14.1. The number of rotatable bonds is 2. The highest BCUT2D eigenvalue weighted by molar-refractivity contribution is 6.27. The second-order valence-electron chi connectivity index (χ2n) is 14.1. The maximum atomic E-state index is 11.9. The van der Waals surface area contributed by atoms with E-state index < -0.39 is 23.1 Å². The quantitative estimate of drug-likeness (QED) is 0.153. The lowest BCUT2D eigenvalue weighted by atomic mass is 9.60. The summed E-state index contributed by atoms with van der Waals surface area (Å²) in [7, 11) is 0. The zero-order chi connectivity index (χ0) is 31.9. The number of ether oxygens (including phenoxy) is 2. The third-order valence-corrected chi connectivity index (χ3v) is 8.32. The van der Waals surface area contributed by atoms with E-state index in [1.807, 2.05) is 51.3 Å². The van der Waals surface area contributed by atoms with Gasteiger partial charge in [-0.2, -0.15) is 0 Å². The zero-order valence-corrected chi connectivity index (χ0v) is 26.0. The van der Waals surface area contributed by atoms with Crippen LogP contribution in [0.3, 0.4) is 0 Å². The number of nitrogens with one attached hydrogen (secondary N) is 2. The standard InChI is InChI=1S/2C13H25N3O2.C2H2O4/c2*1-12(2,3)18-11(17)16-6-4-13(5-7-16)8-10(9-13)15-14;3-1(4)2(5)6/h2*10,15H,4-9,14H2,1-3H3;(H,3,4)(H,5,6). The number of carboxylic acids is 2. The van der Waals surface area contributed by atoms with Gasteiger partial charge < -0.3 is 29.5 Å². The summed E-state index contributed by atoms with van der Waals surface area (Å²) in [5.41, 5.74) is 5.71. The number of amides is 2. The van der Waals surface area contributed by atoms with Crippen LogP contribution in [0.2, 0.25) is 0 Å². The molecule has 0 aromatic heterocycles. The molecule has 242 valence electrons. The van der Waals surface area contributed by atoms with Crippen LogP contribution in [0.1, 0.15) is 92.9 Å². The van der Waals surface area contributed by atoms with Crippen LogP contribution < -0.4 is 22.5 Å². The smallest absolute Gasteiger partial charge is 0.414 e. The first-order valence-electron chi connectivity index (χ1n) is 14.7. The average molecular weight is 601 g/mol. The summed E-state index contributed by atoms with van der Waals surface area (Å²) in [6.07, 6.45) is 8.52. The molecular formula is C28H52N6O8. The van der Waals surface area contributed by atoms with E-state index in [0.717, 1.165) is 77.5 Å². The summed E-state index contributed by atoms with van der Waals surface area (Å²) >= 11 is 0. The summed E-state index contributed by atoms with van der Waals surface area (Å²) in [5, 5.41) is 14.8. The minimum atomic E-state index is -1.82. The van der Waals surface area contributed by atoms with E-state index in [0.29, 0.717) is 22.9 Å². The Morgan fingerprint density at radius 1 is 0.643 bits per heavy atom. The second kappa shape index (κ2) is 14.2. The van der Waals surface area contributed by atoms with E-state index in [1.165, 1.54) is 0 Å². The first kappa shape index (κ1) is 35.5. The Morgan fingerprint density at radius 2 is 0.905 bits per heavy atom. The molecule has 2 heterocycles. The van der Waals surface area contributed by atoms with Crippen molar-refractivity contribution in [1.29, 1.82) is 0 Å². The molecule has 0 aromatic rings. The van der Waals surface area contributed by atoms with Gasteiger partial charge in [0.1, 0.15) is 11.2 Å². The molecule has 2 aliphatic carbocycles. The zero-order valence-electron chi connectivity index (χ0n) is 26.0. The van der Waals surface area contributed by atoms with Gasteiger partial charge in [-0.15, -0.1) is 0 Å². The topological polar surface area (TPSA) is 210 Å². The van der Waals surface area contributed by atoms with Crippen LogP contribution in [0.15, 0.2) is 0 Å². The summed E-state index contributed by atoms with van der Waals surface area (Å²) in [6.45, 7) is 14.7. The molecule has 2 saturated carbocycles. The Morgan fingerprint density at radius 3 is 1.10 bits per heavy atom. The van der Waals surface area contributed by atoms with Crippen molar-refractivity contribution >= 4 is 24.1 Å². The molecule has 0 unspecified atom stereocenters. The number of hydrogen-bond donors (Lipinski definition) is 6. The van der Waals surface area contributed by atoms with Crippen molar-refractivity contribution in [2.45, 2.75) is 116 Å². The summed E-state index contributed by atoms with van der Waals surface area (Å²) in [5.74, 6) is 7.22. The normalized spacial score (nSPS) is 21.5. The van der Waals surface area contributed by atoms with E-state index in [-0.39, 0.29) is 12.2 Å². The fraction of sp³-hybridized carbons (Fsp3) is 0.857. The molecule has 0 atom stereocenters. The van der Waals surface area contributed by atoms with Crippen LogP contribution in [0.25, 0.3) is 0 Å². The Balaban J connectivity index is 0.000000247. The van der Waals surface area contributed by atoms with Gasteiger partial charge in [0.25, 0.3) is 0 Å². The van der Waals surface area contributed by atoms with Crippen LogP contribution in [0.5, 0.6) is 0 Å². The summed E-state index contributed by atoms with van der Waals surface area (Å²) in [6, 6.07) is 0.941. The molecule has 2 spiro atoms. The van der Waals surface area contributed by atoms with Crippen LogP contribution >= 0.6 is 0 Å². The fourth-order valence-corrected chi connectivity index (χ4v) is 6.00. The molecule has 8 N–H and O–H groups in total. The van der Waals surface area contributed by atoms with Gasteiger partial charge in [-0.05, 0) is 104 Å². The van der Waals surface area contributed by atoms with Crippen molar-refractivity contribution in [1.82, 2.24) is 20.7 Å². The molecule has 14 heteroatoms. The number of hydrazine groups is 2. The number of piperidine rings is 2. The number of carboxylic acid groups (broad SMARTS) is 2. The largest absolute Gasteiger partial charge is 0.473 e. The molecular weight excluding hydrogens is 548 g/mol. The lowest BCUT2D eigenvalue weighted by molar-refractivity contribution is -0.159. The van der Waals surface area contributed by atoms with E-state index >= 15 is 0 Å². The highest BCUT2D eigenvalue weighted by atomic mass is 16.6. The Labute approximate surface area is 248 Å². The molecule has 2 saturated heterocycles. The number of carbonyl (C=O) groups is 4. The Hall–Kier alpha value is -2.68. The van der Waals surface area contributed by atoms with Crippen molar-refractivity contribution < 1.29 is 38.9 Å². The number of aliphatic carboxylic acids is 2. The Kier molecular flexibility index (Phi) is 12.0. The number of nitrogens with zero attached hydrogens (tertiary/aromatic N) is 2. The first-order chi connectivity index (χ1) is 19.3. The first-order valence-corrected chi connectivity index (χ1v) is 14.7. The minimum absolute atomic E-state index is 0.176. The lowest BCUT2D eigenvalue weighted by Crippen LogP contribution is -2.56. The van der Waals surface area contributed by atoms with E-state index in [2.05, 4.69) is 10.9 Å². The van der Waals surface area contributed by atoms with Gasteiger partial charge in [0.15, 0.2) is 0 Å². The van der Waals surface area contributed by atoms with Crippen molar-refractivity contribution in [3.05, 3.63) is 0 Å². The third kappa shape index (κ3) is 10.9. The van der Waals surface area contributed by atoms with Crippen molar-refractivity contribution in [2.24, 2.45) is 22.5 Å². The van der Waals surface area contributed by atoms with Gasteiger partial charge in [0.05, 0.1) is 0 Å². The number of carbonyl (C=O) groups excluding carboxylic acids is 2. The molecule has 14 nitrogen and oxygen atoms in total. The minimum Gasteiger partial charge on any atom is -0.473 e. The van der Waals surface area contributed by atoms with Crippen LogP contribution in [0.4, 0.5) is 9.59 Å². The highest BCUT2D eigenvalue weighted by Gasteiger charge is 2.47. The molecule has 2 amide bonds. The Bertz CT molecular complexity index is 855. The van der Waals surface area contributed by atoms with Gasteiger partial charge in [-0.1, -0.05) is 0 Å². The van der Waals surface area contributed by atoms with Crippen LogP contribution in [0, 0.1) is 10.8 Å². The van der Waals surface area contributed by atoms with Gasteiger partial charge in [-0.3, -0.25) is 22.5 Å². The predicted octanol–water partition coefficient (Wildman–Crippen LogP) is 2.41. The maximum absolute atomic E-state index is 11.9. The highest BCUT2D eigenvalue weighted by Crippen LogP contribution is 2.49. The molecule has 0 aromatic carbocycles. The van der Waals surface area contributed by atoms with Gasteiger partial charge in [0, 0.05) is 38.3 Å². The summed E-state index contributed by atoms with van der Waals surface area (Å²) < 4.78 is 10.8. The number of hydrogen-bond acceptors (Lipinski definition) is 10. The molecule has 4 rings (SSSR count). The molecule has 2 aliphatic heterocycles. The lowest BCUT2D eigenvalue weighted by Gasteiger charge is -2.51. The molecule has 42 heavy (non-hydrogen) atoms. The predicted molar refractivity (Wildman–Crippen MR) is 155 cm³/mol. The van der Waals surface area contributed by atoms with Crippen molar-refractivity contribution in [2.75, 3.05) is 26.2 Å². The monoisotopic (exact) mass is 600 g/mol. The van der Waals surface area contributed by atoms with E-state index in [4.69, 9.17) is 41.0 Å². The fourth-order valence-electron chi connectivity index (χ4n) is 6.00. The summed E-state index contributed by atoms with van der Waals surface area (Å²) in [4.78, 5) is 45.7. The number of likely N-dealkylation sites (tertiary alicyclic amines) is 2. The third-order valence-electron chi connectivity index (χ3n) is 8.32. The van der Waals surface area contributed by atoms with Crippen molar-refractivity contribution in [3.8, 4) is 0 Å². The molecule has 4 aliphatic rings. The maximum Gasteiger partial charge on any atom is 0.414 e. The molecule has 0 radical (unpaired) electrons. The average Bonchev–Trinajstić information content (AvgIpc) is 2.84. The van der Waals surface area contributed by atoms with E-state index in [9.17, 15) is 9.59 Å². The van der Waals surface area contributed by atoms with Gasteiger partial charge in [0.2, 0.25) is 0 Å². The van der Waals surface area contributed by atoms with Crippen molar-refractivity contribution in [3.63, 3.8) is 0 Å². The SMILES string of the molecule is CC(C)(C)OC(=O)N1CCC2(CC1)CC(NN)C2.CC(C)(C)OC(=O)N1CCC2(CC1)CC(NN)C2.O=C(O)C(=O)O. The molecule has 0 bridgehead atoms. The van der Waals surface area contributed by atoms with Crippen LogP contribution in [-0.4, -0.2) is 93.6 Å². The number of nitrogens with two attached hydrogens (primary N) is 2. The van der Waals surface area contributed by atoms with Crippen LogP contribution in [-0.2, 0) is 19.1 Å². The van der Waals surface area contributed by atoms with E-state index in [1.54, 1.807) is 0 Å². The molecule has 4 fully saturated rings. The van der Waals surface area contributed by atoms with Gasteiger partial charge >= 0.3 is 24.1 Å². The van der Waals surface area contributed by atoms with Gasteiger partial charge in [-0.25, -0.2) is 19.2 Å².